The van der Waals surface area contributed by atoms with Crippen molar-refractivity contribution in [3.63, 3.8) is 0 Å². The van der Waals surface area contributed by atoms with Gasteiger partial charge in [-0.05, 0) is 24.3 Å². The second-order valence-corrected chi connectivity index (χ2v) is 4.66. The summed E-state index contributed by atoms with van der Waals surface area (Å²) in [7, 11) is 1.48. The molecule has 0 aliphatic heterocycles. The van der Waals surface area contributed by atoms with E-state index in [4.69, 9.17) is 21.1 Å². The third-order valence-electron chi connectivity index (χ3n) is 2.72. The van der Waals surface area contributed by atoms with Gasteiger partial charge in [-0.3, -0.25) is 4.79 Å². The summed E-state index contributed by atoms with van der Waals surface area (Å²) >= 11 is 5.80. The van der Waals surface area contributed by atoms with Crippen LogP contribution in [-0.4, -0.2) is 36.1 Å². The number of hydrogen-bond acceptors (Lipinski definition) is 6. The third-order valence-corrected chi connectivity index (χ3v) is 2.97. The Balaban J connectivity index is 0.00000264. The minimum Gasteiger partial charge on any atom is -0.543 e. The minimum atomic E-state index is -1.68. The monoisotopic (exact) mass is 362 g/mol. The summed E-state index contributed by atoms with van der Waals surface area (Å²) in [6, 6.07) is 6.47. The Hall–Kier alpha value is -0.744. The van der Waals surface area contributed by atoms with Crippen molar-refractivity contribution in [3.05, 3.63) is 51.4 Å². The van der Waals surface area contributed by atoms with E-state index in [0.717, 1.165) is 0 Å². The maximum Gasteiger partial charge on any atom is 1.00 e. The number of benzene rings is 1. The molecule has 0 amide bonds. The predicted molar refractivity (Wildman–Crippen MR) is 76.5 cm³/mol. The number of carboxylic acids is 1. The Morgan fingerprint density at radius 2 is 1.96 bits per heavy atom. The molecule has 0 saturated carbocycles. The maximum absolute atomic E-state index is 12.0. The fourth-order valence-electron chi connectivity index (χ4n) is 1.67. The van der Waals surface area contributed by atoms with Crippen molar-refractivity contribution in [3.8, 4) is 11.4 Å². The average Bonchev–Trinajstić information content (AvgIpc) is 2.49. The van der Waals surface area contributed by atoms with Crippen molar-refractivity contribution >= 4 is 17.6 Å². The number of halogens is 1. The Kier molecular flexibility index (Phi) is 8.41. The molecule has 0 saturated heterocycles. The first-order valence-corrected chi connectivity index (χ1v) is 6.63. The van der Waals surface area contributed by atoms with Gasteiger partial charge in [0, 0.05) is 12.1 Å². The van der Waals surface area contributed by atoms with E-state index in [9.17, 15) is 14.7 Å². The van der Waals surface area contributed by atoms with Crippen LogP contribution in [-0.2, 0) is 4.74 Å². The number of hydrogen-bond donors (Lipinski definition) is 0. The van der Waals surface area contributed by atoms with Gasteiger partial charge in [-0.25, -0.2) is 4.68 Å². The molecule has 9 heteroatoms. The SMILES string of the molecule is COCCOc1cn(-c2ccc(Cl)cc2)nc(C(=O)[O-])c1=O.[K+]. The van der Waals surface area contributed by atoms with Crippen molar-refractivity contribution in [2.45, 2.75) is 0 Å². The van der Waals surface area contributed by atoms with Crippen LogP contribution in [0.5, 0.6) is 5.75 Å². The number of ether oxygens (including phenoxy) is 2. The molecule has 0 spiro atoms. The first kappa shape index (κ1) is 20.3. The molecule has 0 unspecified atom stereocenters. The largest absolute Gasteiger partial charge is 1.00 e. The predicted octanol–water partition coefficient (Wildman–Crippen LogP) is -2.72. The Morgan fingerprint density at radius 3 is 2.52 bits per heavy atom. The second-order valence-electron chi connectivity index (χ2n) is 4.22. The van der Waals surface area contributed by atoms with Crippen molar-refractivity contribution in [1.29, 1.82) is 0 Å². The zero-order valence-electron chi connectivity index (χ0n) is 12.6. The summed E-state index contributed by atoms with van der Waals surface area (Å²) in [6.45, 7) is 0.353. The summed E-state index contributed by atoms with van der Waals surface area (Å²) in [5, 5.41) is 15.3. The summed E-state index contributed by atoms with van der Waals surface area (Å²) in [5.41, 5.74) is -1.06. The van der Waals surface area contributed by atoms with E-state index in [2.05, 4.69) is 5.10 Å². The van der Waals surface area contributed by atoms with Crippen molar-refractivity contribution < 1.29 is 70.8 Å². The zero-order chi connectivity index (χ0) is 16.1. The fraction of sp³-hybridized carbons (Fsp3) is 0.214. The van der Waals surface area contributed by atoms with E-state index >= 15 is 0 Å². The Morgan fingerprint density at radius 1 is 1.30 bits per heavy atom. The molecule has 0 aliphatic carbocycles. The van der Waals surface area contributed by atoms with Gasteiger partial charge in [0.05, 0.1) is 24.5 Å². The molecule has 2 aromatic rings. The van der Waals surface area contributed by atoms with Gasteiger partial charge < -0.3 is 19.4 Å². The van der Waals surface area contributed by atoms with Gasteiger partial charge in [0.1, 0.15) is 6.61 Å². The summed E-state index contributed by atoms with van der Waals surface area (Å²) in [6.07, 6.45) is 1.30. The summed E-state index contributed by atoms with van der Waals surface area (Å²) < 4.78 is 11.3. The van der Waals surface area contributed by atoms with Crippen LogP contribution in [0.15, 0.2) is 35.3 Å². The molecule has 0 radical (unpaired) electrons. The molecule has 116 valence electrons. The van der Waals surface area contributed by atoms with Gasteiger partial charge in [-0.15, -0.1) is 0 Å². The minimum absolute atomic E-state index is 0. The fourth-order valence-corrected chi connectivity index (χ4v) is 1.79. The maximum atomic E-state index is 12.0. The molecule has 0 fully saturated rings. The molecule has 1 aromatic heterocycles. The van der Waals surface area contributed by atoms with Gasteiger partial charge in [-0.1, -0.05) is 11.6 Å². The molecule has 7 nitrogen and oxygen atoms in total. The van der Waals surface area contributed by atoms with E-state index in [1.807, 2.05) is 0 Å². The Bertz CT molecular complexity index is 733. The molecule has 0 bridgehead atoms. The van der Waals surface area contributed by atoms with Gasteiger partial charge in [0.2, 0.25) is 0 Å². The molecule has 1 aromatic carbocycles. The number of carboxylic acid groups (broad SMARTS) is 1. The van der Waals surface area contributed by atoms with Crippen molar-refractivity contribution in [1.82, 2.24) is 9.78 Å². The van der Waals surface area contributed by atoms with Crippen LogP contribution >= 0.6 is 11.6 Å². The number of aromatic carboxylic acids is 1. The topological polar surface area (TPSA) is 93.5 Å². The van der Waals surface area contributed by atoms with Crippen LogP contribution in [0.3, 0.4) is 0 Å². The average molecular weight is 363 g/mol. The number of carbonyl (C=O) groups is 1. The van der Waals surface area contributed by atoms with Gasteiger partial charge >= 0.3 is 51.4 Å². The molecule has 0 aliphatic rings. The van der Waals surface area contributed by atoms with E-state index in [1.54, 1.807) is 24.3 Å². The molecule has 0 atom stereocenters. The number of rotatable bonds is 6. The van der Waals surface area contributed by atoms with Crippen LogP contribution in [0.2, 0.25) is 5.02 Å². The second kappa shape index (κ2) is 9.53. The van der Waals surface area contributed by atoms with Gasteiger partial charge in [0.25, 0.3) is 5.43 Å². The number of methoxy groups -OCH3 is 1. The first-order chi connectivity index (χ1) is 10.5. The number of nitrogens with zero attached hydrogens (tertiary/aromatic N) is 2. The van der Waals surface area contributed by atoms with E-state index in [-0.39, 0.29) is 70.3 Å². The molecule has 0 N–H and O–H groups in total. The van der Waals surface area contributed by atoms with E-state index < -0.39 is 17.1 Å². The normalized spacial score (nSPS) is 10.0. The van der Waals surface area contributed by atoms with Crippen molar-refractivity contribution in [2.24, 2.45) is 0 Å². The Labute approximate surface area is 179 Å². The smallest absolute Gasteiger partial charge is 0.543 e. The zero-order valence-corrected chi connectivity index (χ0v) is 16.5. The van der Waals surface area contributed by atoms with Crippen LogP contribution in [0.1, 0.15) is 10.5 Å². The number of carbonyl (C=O) groups excluding carboxylic acids is 1. The van der Waals surface area contributed by atoms with E-state index in [0.29, 0.717) is 10.7 Å². The van der Waals surface area contributed by atoms with E-state index in [1.165, 1.54) is 18.0 Å². The molecule has 23 heavy (non-hydrogen) atoms. The standard InChI is InChI=1S/C14H13ClN2O5.K/c1-21-6-7-22-11-8-17(10-4-2-9(15)3-5-10)16-12(13(11)18)14(19)20;/h2-5,8H,6-7H2,1H3,(H,19,20);/q;+1/p-1. The third kappa shape index (κ3) is 5.39. The van der Waals surface area contributed by atoms with Gasteiger partial charge in [-0.2, -0.15) is 5.10 Å². The van der Waals surface area contributed by atoms with Gasteiger partial charge in [0.15, 0.2) is 11.4 Å². The van der Waals surface area contributed by atoms with Crippen LogP contribution < -0.4 is 66.7 Å². The molecular weight excluding hydrogens is 351 g/mol. The first-order valence-electron chi connectivity index (χ1n) is 6.26. The van der Waals surface area contributed by atoms with Crippen molar-refractivity contribution in [2.75, 3.05) is 20.3 Å². The van der Waals surface area contributed by atoms with Crippen LogP contribution in [0, 0.1) is 0 Å². The quantitative estimate of drug-likeness (QED) is 0.409. The van der Waals surface area contributed by atoms with Crippen LogP contribution in [0.25, 0.3) is 5.69 Å². The van der Waals surface area contributed by atoms with Crippen LogP contribution in [0.4, 0.5) is 0 Å². The molecular formula is C14H12ClKN2O5. The summed E-state index contributed by atoms with van der Waals surface area (Å²) in [5.74, 6) is -1.83. The number of aromatic nitrogens is 2. The summed E-state index contributed by atoms with van der Waals surface area (Å²) in [4.78, 5) is 23.0. The molecule has 1 heterocycles. The molecule has 2 rings (SSSR count).